The Morgan fingerprint density at radius 3 is 2.44 bits per heavy atom. The normalized spacial score (nSPS) is 20.6. The van der Waals surface area contributed by atoms with Crippen LogP contribution < -0.4 is 0 Å². The molecule has 0 aromatic heterocycles. The Labute approximate surface area is 124 Å². The molecule has 1 aliphatic rings. The fourth-order valence-corrected chi connectivity index (χ4v) is 3.31. The molecule has 0 saturated heterocycles. The molecule has 1 nitrogen and oxygen atoms in total. The molecule has 2 heteroatoms. The van der Waals surface area contributed by atoms with Gasteiger partial charge in [-0.1, -0.05) is 72.2 Å². The molecular formula is C16H23IO. The summed E-state index contributed by atoms with van der Waals surface area (Å²) in [6.45, 7) is 3.14. The van der Waals surface area contributed by atoms with Gasteiger partial charge in [0, 0.05) is 4.43 Å². The second kappa shape index (κ2) is 6.90. The lowest BCUT2D eigenvalue weighted by atomic mass is 9.89. The lowest BCUT2D eigenvalue weighted by molar-refractivity contribution is -0.0392. The van der Waals surface area contributed by atoms with E-state index in [1.54, 1.807) is 0 Å². The van der Waals surface area contributed by atoms with E-state index in [1.165, 1.54) is 37.7 Å². The Balaban J connectivity index is 1.95. The topological polar surface area (TPSA) is 9.23 Å². The van der Waals surface area contributed by atoms with E-state index in [9.17, 15) is 0 Å². The highest BCUT2D eigenvalue weighted by Gasteiger charge is 2.27. The highest BCUT2D eigenvalue weighted by molar-refractivity contribution is 14.1. The Morgan fingerprint density at radius 1 is 1.17 bits per heavy atom. The van der Waals surface area contributed by atoms with Gasteiger partial charge < -0.3 is 4.74 Å². The summed E-state index contributed by atoms with van der Waals surface area (Å²) in [5.41, 5.74) is 1.18. The molecule has 0 heterocycles. The molecule has 0 bridgehead atoms. The van der Waals surface area contributed by atoms with E-state index >= 15 is 0 Å². The Bertz CT molecular complexity index is 345. The average molecular weight is 358 g/mol. The quantitative estimate of drug-likeness (QED) is 0.536. The third kappa shape index (κ3) is 3.70. The molecule has 100 valence electrons. The van der Waals surface area contributed by atoms with Gasteiger partial charge in [0.1, 0.15) is 0 Å². The first-order valence-electron chi connectivity index (χ1n) is 7.00. The van der Waals surface area contributed by atoms with Crippen LogP contribution in [0.1, 0.15) is 44.6 Å². The Kier molecular flexibility index (Phi) is 5.49. The number of halogens is 1. The lowest BCUT2D eigenvalue weighted by Crippen LogP contribution is -2.30. The van der Waals surface area contributed by atoms with Gasteiger partial charge >= 0.3 is 0 Å². The smallest absolute Gasteiger partial charge is 0.0992 e. The third-order valence-corrected chi connectivity index (χ3v) is 5.46. The minimum atomic E-state index is -0.126. The minimum absolute atomic E-state index is 0.126. The van der Waals surface area contributed by atoms with E-state index in [1.807, 2.05) is 0 Å². The second-order valence-electron chi connectivity index (χ2n) is 5.55. The van der Waals surface area contributed by atoms with Gasteiger partial charge in [0.25, 0.3) is 0 Å². The number of hydrogen-bond donors (Lipinski definition) is 0. The summed E-state index contributed by atoms with van der Waals surface area (Å²) in [6, 6.07) is 10.6. The predicted molar refractivity (Wildman–Crippen MR) is 85.2 cm³/mol. The molecule has 0 aliphatic heterocycles. The van der Waals surface area contributed by atoms with Crippen LogP contribution in [-0.2, 0) is 10.3 Å². The summed E-state index contributed by atoms with van der Waals surface area (Å²) in [7, 11) is 0. The maximum atomic E-state index is 6.30. The van der Waals surface area contributed by atoms with E-state index in [4.69, 9.17) is 4.74 Å². The van der Waals surface area contributed by atoms with Gasteiger partial charge in [-0.2, -0.15) is 0 Å². The van der Waals surface area contributed by atoms with Crippen LogP contribution in [0.2, 0.25) is 0 Å². The summed E-state index contributed by atoms with van der Waals surface area (Å²) >= 11 is 2.44. The molecule has 0 N–H and O–H groups in total. The van der Waals surface area contributed by atoms with Crippen molar-refractivity contribution in [2.45, 2.75) is 44.6 Å². The van der Waals surface area contributed by atoms with Crippen molar-refractivity contribution in [1.29, 1.82) is 0 Å². The molecule has 1 aromatic carbocycles. The maximum Gasteiger partial charge on any atom is 0.0992 e. The Hall–Kier alpha value is -0.0900. The van der Waals surface area contributed by atoms with Gasteiger partial charge in [0.2, 0.25) is 0 Å². The first kappa shape index (κ1) is 14.3. The van der Waals surface area contributed by atoms with Gasteiger partial charge in [-0.15, -0.1) is 0 Å². The number of rotatable bonds is 5. The molecule has 1 fully saturated rings. The fraction of sp³-hybridized carbons (Fsp3) is 0.625. The van der Waals surface area contributed by atoms with E-state index in [2.05, 4.69) is 59.8 Å². The van der Waals surface area contributed by atoms with Gasteiger partial charge in [0.05, 0.1) is 12.2 Å². The largest absolute Gasteiger partial charge is 0.369 e. The van der Waals surface area contributed by atoms with Crippen molar-refractivity contribution in [3.8, 4) is 0 Å². The molecule has 2 rings (SSSR count). The van der Waals surface area contributed by atoms with Crippen molar-refractivity contribution in [2.24, 2.45) is 5.92 Å². The lowest BCUT2D eigenvalue weighted by Gasteiger charge is -2.32. The van der Waals surface area contributed by atoms with Crippen molar-refractivity contribution in [3.63, 3.8) is 0 Å². The molecule has 0 spiro atoms. The predicted octanol–water partition coefficient (Wildman–Crippen LogP) is 4.93. The van der Waals surface area contributed by atoms with E-state index in [0.29, 0.717) is 0 Å². The molecule has 1 atom stereocenters. The molecule has 1 unspecified atom stereocenters. The molecule has 0 amide bonds. The monoisotopic (exact) mass is 358 g/mol. The van der Waals surface area contributed by atoms with Crippen LogP contribution in [0.25, 0.3) is 0 Å². The maximum absolute atomic E-state index is 6.30. The standard InChI is InChI=1S/C16H23IO/c1-16(13-17,15-10-6-3-7-11-15)18-12-14-8-4-2-5-9-14/h3,6-7,10-11,14H,2,4-5,8-9,12-13H2,1H3. The van der Waals surface area contributed by atoms with Crippen LogP contribution in [-0.4, -0.2) is 11.0 Å². The highest BCUT2D eigenvalue weighted by Crippen LogP contribution is 2.31. The summed E-state index contributed by atoms with van der Waals surface area (Å²) in [5.74, 6) is 0.782. The zero-order valence-corrected chi connectivity index (χ0v) is 13.4. The second-order valence-corrected chi connectivity index (χ2v) is 6.31. The minimum Gasteiger partial charge on any atom is -0.369 e. The van der Waals surface area contributed by atoms with Crippen molar-refractivity contribution < 1.29 is 4.74 Å². The van der Waals surface area contributed by atoms with Gasteiger partial charge in [-0.25, -0.2) is 0 Å². The zero-order valence-electron chi connectivity index (χ0n) is 11.2. The fourth-order valence-electron chi connectivity index (χ4n) is 2.65. The van der Waals surface area contributed by atoms with Crippen LogP contribution in [0.3, 0.4) is 0 Å². The summed E-state index contributed by atoms with van der Waals surface area (Å²) < 4.78 is 7.30. The first-order valence-corrected chi connectivity index (χ1v) is 8.52. The van der Waals surface area contributed by atoms with E-state index < -0.39 is 0 Å². The van der Waals surface area contributed by atoms with Crippen LogP contribution >= 0.6 is 22.6 Å². The van der Waals surface area contributed by atoms with Crippen molar-refractivity contribution in [1.82, 2.24) is 0 Å². The number of benzene rings is 1. The van der Waals surface area contributed by atoms with Crippen molar-refractivity contribution >= 4 is 22.6 Å². The third-order valence-electron chi connectivity index (χ3n) is 4.00. The van der Waals surface area contributed by atoms with Gasteiger partial charge in [-0.05, 0) is 31.2 Å². The summed E-state index contributed by atoms with van der Waals surface area (Å²) in [6.07, 6.45) is 6.90. The molecule has 0 radical (unpaired) electrons. The molecular weight excluding hydrogens is 335 g/mol. The summed E-state index contributed by atoms with van der Waals surface area (Å²) in [4.78, 5) is 0. The zero-order chi connectivity index (χ0) is 12.8. The number of alkyl halides is 1. The molecule has 1 aliphatic carbocycles. The van der Waals surface area contributed by atoms with Gasteiger partial charge in [0.15, 0.2) is 0 Å². The number of hydrogen-bond acceptors (Lipinski definition) is 1. The molecule has 18 heavy (non-hydrogen) atoms. The highest BCUT2D eigenvalue weighted by atomic mass is 127. The SMILES string of the molecule is CC(CI)(OCC1CCCCC1)c1ccccc1. The number of ether oxygens (including phenoxy) is 1. The van der Waals surface area contributed by atoms with E-state index in [0.717, 1.165) is 17.0 Å². The van der Waals surface area contributed by atoms with Crippen molar-refractivity contribution in [2.75, 3.05) is 11.0 Å². The summed E-state index contributed by atoms with van der Waals surface area (Å²) in [5, 5.41) is 0. The first-order chi connectivity index (χ1) is 8.74. The van der Waals surface area contributed by atoms with Crippen LogP contribution in [0.4, 0.5) is 0 Å². The average Bonchev–Trinajstić information content (AvgIpc) is 2.47. The van der Waals surface area contributed by atoms with Gasteiger partial charge in [-0.3, -0.25) is 0 Å². The van der Waals surface area contributed by atoms with Crippen molar-refractivity contribution in [3.05, 3.63) is 35.9 Å². The molecule has 1 saturated carbocycles. The van der Waals surface area contributed by atoms with Crippen LogP contribution in [0, 0.1) is 5.92 Å². The molecule has 1 aromatic rings. The van der Waals surface area contributed by atoms with Crippen LogP contribution in [0.15, 0.2) is 30.3 Å². The van der Waals surface area contributed by atoms with Crippen LogP contribution in [0.5, 0.6) is 0 Å². The Morgan fingerprint density at radius 2 is 1.83 bits per heavy atom. The van der Waals surface area contributed by atoms with E-state index in [-0.39, 0.29) is 5.60 Å².